The van der Waals surface area contributed by atoms with Gasteiger partial charge < -0.3 is 4.98 Å². The number of aryl methyl sites for hydroxylation is 1. The molecule has 0 radical (unpaired) electrons. The van der Waals surface area contributed by atoms with Gasteiger partial charge in [0.1, 0.15) is 7.85 Å². The lowest BCUT2D eigenvalue weighted by Crippen LogP contribution is -2.09. The Balaban J connectivity index is 0.000000386. The summed E-state index contributed by atoms with van der Waals surface area (Å²) < 4.78 is 76.9. The lowest BCUT2D eigenvalue weighted by Gasteiger charge is -2.19. The number of nitrogens with zero attached hydrogens (tertiary/aromatic N) is 1. The van der Waals surface area contributed by atoms with Crippen LogP contribution in [0.1, 0.15) is 40.8 Å². The molecule has 1 aromatic heterocycles. The van der Waals surface area contributed by atoms with Crippen molar-refractivity contribution in [2.75, 3.05) is 0 Å². The fourth-order valence-corrected chi connectivity index (χ4v) is 3.01. The highest BCUT2D eigenvalue weighted by molar-refractivity contribution is 6.09. The molecular formula is C21H21BF6N2. The number of H-pyrrole nitrogens is 1. The van der Waals surface area contributed by atoms with Crippen molar-refractivity contribution in [1.29, 1.82) is 0 Å². The van der Waals surface area contributed by atoms with Gasteiger partial charge in [0, 0.05) is 17.8 Å². The highest BCUT2D eigenvalue weighted by Crippen LogP contribution is 2.36. The van der Waals surface area contributed by atoms with Crippen molar-refractivity contribution < 1.29 is 26.3 Å². The first kappa shape index (κ1) is 23.6. The molecule has 1 heterocycles. The van der Waals surface area contributed by atoms with E-state index in [0.717, 1.165) is 30.7 Å². The van der Waals surface area contributed by atoms with E-state index in [9.17, 15) is 26.3 Å². The third kappa shape index (κ3) is 6.40. The van der Waals surface area contributed by atoms with Crippen LogP contribution < -0.4 is 0 Å². The fraction of sp³-hybridized carbons (Fsp3) is 0.286. The zero-order valence-electron chi connectivity index (χ0n) is 16.5. The van der Waals surface area contributed by atoms with Crippen molar-refractivity contribution in [2.45, 2.75) is 37.9 Å². The molecular weight excluding hydrogens is 405 g/mol. The van der Waals surface area contributed by atoms with Gasteiger partial charge >= 0.3 is 12.4 Å². The van der Waals surface area contributed by atoms with Crippen LogP contribution in [0.15, 0.2) is 61.1 Å². The van der Waals surface area contributed by atoms with Crippen LogP contribution in [0, 0.1) is 0 Å². The molecule has 0 fully saturated rings. The molecule has 0 aliphatic rings. The summed E-state index contributed by atoms with van der Waals surface area (Å²) in [5.74, 6) is -0.528. The Morgan fingerprint density at radius 3 is 1.70 bits per heavy atom. The summed E-state index contributed by atoms with van der Waals surface area (Å²) in [6, 6.07) is 9.43. The molecule has 0 saturated carbocycles. The number of hydrogen-bond donors (Lipinski definition) is 1. The monoisotopic (exact) mass is 426 g/mol. The van der Waals surface area contributed by atoms with E-state index in [4.69, 9.17) is 0 Å². The van der Waals surface area contributed by atoms with Gasteiger partial charge in [0.05, 0.1) is 17.5 Å². The number of aromatic nitrogens is 2. The van der Waals surface area contributed by atoms with E-state index < -0.39 is 29.4 Å². The van der Waals surface area contributed by atoms with Crippen molar-refractivity contribution in [2.24, 2.45) is 0 Å². The summed E-state index contributed by atoms with van der Waals surface area (Å²) >= 11 is 0. The van der Waals surface area contributed by atoms with Crippen LogP contribution in [0.5, 0.6) is 0 Å². The predicted octanol–water partition coefficient (Wildman–Crippen LogP) is 5.88. The SMILES string of the molecule is BCC(c1cccc(C(F)(F)F)c1)c1cccc(C(F)(F)F)c1.CCc1cnc[nH]1. The molecule has 1 N–H and O–H groups in total. The summed E-state index contributed by atoms with van der Waals surface area (Å²) in [5.41, 5.74) is 0.282. The largest absolute Gasteiger partial charge is 0.416 e. The van der Waals surface area contributed by atoms with Crippen molar-refractivity contribution in [3.8, 4) is 0 Å². The molecule has 3 aromatic rings. The summed E-state index contributed by atoms with van der Waals surface area (Å²) in [6.07, 6.45) is -4.01. The van der Waals surface area contributed by atoms with Gasteiger partial charge in [-0.25, -0.2) is 4.98 Å². The molecule has 3 rings (SSSR count). The van der Waals surface area contributed by atoms with E-state index in [0.29, 0.717) is 17.4 Å². The Morgan fingerprint density at radius 1 is 0.900 bits per heavy atom. The summed E-state index contributed by atoms with van der Waals surface area (Å²) in [4.78, 5) is 6.81. The fourth-order valence-electron chi connectivity index (χ4n) is 3.01. The minimum atomic E-state index is -4.48. The van der Waals surface area contributed by atoms with Crippen LogP contribution in [0.3, 0.4) is 0 Å². The van der Waals surface area contributed by atoms with Crippen LogP contribution in [-0.4, -0.2) is 17.8 Å². The first-order valence-electron chi connectivity index (χ1n) is 9.37. The van der Waals surface area contributed by atoms with Crippen molar-refractivity contribution >= 4 is 7.85 Å². The highest BCUT2D eigenvalue weighted by Gasteiger charge is 2.32. The van der Waals surface area contributed by atoms with E-state index in [-0.39, 0.29) is 0 Å². The third-order valence-corrected chi connectivity index (χ3v) is 4.58. The highest BCUT2D eigenvalue weighted by atomic mass is 19.4. The first-order chi connectivity index (χ1) is 14.1. The molecule has 0 amide bonds. The second-order valence-electron chi connectivity index (χ2n) is 6.64. The maximum atomic E-state index is 12.8. The topological polar surface area (TPSA) is 28.7 Å². The molecule has 0 saturated heterocycles. The number of alkyl halides is 6. The molecule has 0 aliphatic heterocycles. The average molecular weight is 426 g/mol. The van der Waals surface area contributed by atoms with E-state index in [1.54, 1.807) is 14.2 Å². The molecule has 0 spiro atoms. The van der Waals surface area contributed by atoms with Crippen molar-refractivity contribution in [3.05, 3.63) is 89.0 Å². The minimum Gasteiger partial charge on any atom is -0.349 e. The molecule has 0 bridgehead atoms. The standard InChI is InChI=1S/C16H13BF6.C5H8N2/c17-9-14(10-3-1-5-12(7-10)15(18,19)20)11-4-2-6-13(8-11)16(21,22)23;1-2-5-3-6-4-7-5/h1-8,14H,9,17H2;3-4H,2H2,1H3,(H,6,7). The Bertz CT molecular complexity index is 862. The lowest BCUT2D eigenvalue weighted by atomic mass is 9.80. The second-order valence-corrected chi connectivity index (χ2v) is 6.64. The third-order valence-electron chi connectivity index (χ3n) is 4.58. The molecule has 30 heavy (non-hydrogen) atoms. The number of benzene rings is 2. The van der Waals surface area contributed by atoms with Gasteiger partial charge in [-0.15, -0.1) is 0 Å². The van der Waals surface area contributed by atoms with Gasteiger partial charge in [0.15, 0.2) is 0 Å². The van der Waals surface area contributed by atoms with Crippen LogP contribution >= 0.6 is 0 Å². The van der Waals surface area contributed by atoms with Crippen LogP contribution in [0.4, 0.5) is 26.3 Å². The van der Waals surface area contributed by atoms with Gasteiger partial charge in [0.2, 0.25) is 0 Å². The molecule has 2 nitrogen and oxygen atoms in total. The number of hydrogen-bond acceptors (Lipinski definition) is 1. The van der Waals surface area contributed by atoms with Crippen LogP contribution in [0.25, 0.3) is 0 Å². The molecule has 160 valence electrons. The number of rotatable bonds is 4. The number of aromatic amines is 1. The summed E-state index contributed by atoms with van der Waals surface area (Å²) in [5, 5.41) is 0. The smallest absolute Gasteiger partial charge is 0.349 e. The molecule has 2 aromatic carbocycles. The Labute approximate surface area is 171 Å². The Kier molecular flexibility index (Phi) is 7.75. The number of imidazole rings is 1. The quantitative estimate of drug-likeness (QED) is 0.410. The molecule has 0 atom stereocenters. The van der Waals surface area contributed by atoms with Gasteiger partial charge in [-0.3, -0.25) is 0 Å². The average Bonchev–Trinajstić information content (AvgIpc) is 3.22. The van der Waals surface area contributed by atoms with Gasteiger partial charge in [-0.1, -0.05) is 49.6 Å². The van der Waals surface area contributed by atoms with Gasteiger partial charge in [-0.05, 0) is 29.7 Å². The summed E-state index contributed by atoms with van der Waals surface area (Å²) in [7, 11) is 1.73. The van der Waals surface area contributed by atoms with Crippen LogP contribution in [0.2, 0.25) is 6.32 Å². The summed E-state index contributed by atoms with van der Waals surface area (Å²) in [6.45, 7) is 2.09. The zero-order chi connectivity index (χ0) is 22.4. The van der Waals surface area contributed by atoms with E-state index in [2.05, 4.69) is 16.9 Å². The predicted molar refractivity (Wildman–Crippen MR) is 106 cm³/mol. The Morgan fingerprint density at radius 2 is 1.40 bits per heavy atom. The van der Waals surface area contributed by atoms with Crippen molar-refractivity contribution in [1.82, 2.24) is 9.97 Å². The second kappa shape index (κ2) is 9.87. The first-order valence-corrected chi connectivity index (χ1v) is 9.37. The van der Waals surface area contributed by atoms with Gasteiger partial charge in [0.25, 0.3) is 0 Å². The van der Waals surface area contributed by atoms with Crippen LogP contribution in [-0.2, 0) is 18.8 Å². The maximum Gasteiger partial charge on any atom is 0.416 e. The lowest BCUT2D eigenvalue weighted by molar-refractivity contribution is -0.138. The number of nitrogens with one attached hydrogen (secondary N) is 1. The molecule has 9 heteroatoms. The normalized spacial score (nSPS) is 11.9. The molecule has 0 aliphatic carbocycles. The zero-order valence-corrected chi connectivity index (χ0v) is 16.5. The van der Waals surface area contributed by atoms with Gasteiger partial charge in [-0.2, -0.15) is 26.3 Å². The maximum absolute atomic E-state index is 12.8. The van der Waals surface area contributed by atoms with E-state index >= 15 is 0 Å². The Hall–Kier alpha value is -2.71. The minimum absolute atomic E-state index is 0.349. The van der Waals surface area contributed by atoms with Crippen molar-refractivity contribution in [3.63, 3.8) is 0 Å². The number of halogens is 6. The molecule has 0 unspecified atom stereocenters. The van der Waals surface area contributed by atoms with E-state index in [1.807, 2.05) is 6.20 Å². The van der Waals surface area contributed by atoms with E-state index in [1.165, 1.54) is 30.0 Å².